The van der Waals surface area contributed by atoms with E-state index in [4.69, 9.17) is 13.9 Å². The van der Waals surface area contributed by atoms with Crippen LogP contribution >= 0.6 is 0 Å². The predicted molar refractivity (Wildman–Crippen MR) is 109 cm³/mol. The van der Waals surface area contributed by atoms with Crippen molar-refractivity contribution in [2.45, 2.75) is 79.4 Å². The number of ether oxygens (including phenoxy) is 2. The molecular weight excluding hydrogens is 332 g/mol. The summed E-state index contributed by atoms with van der Waals surface area (Å²) in [5.41, 5.74) is 0.0660. The van der Waals surface area contributed by atoms with Crippen LogP contribution in [0.4, 0.5) is 0 Å². The molecule has 0 aromatic heterocycles. The highest BCUT2D eigenvalue weighted by atomic mass is 28.4. The molecule has 5 heteroatoms. The fourth-order valence-electron chi connectivity index (χ4n) is 1.76. The lowest BCUT2D eigenvalue weighted by Crippen LogP contribution is -2.43. The van der Waals surface area contributed by atoms with Crippen LogP contribution in [0.15, 0.2) is 0 Å². The second-order valence-electron chi connectivity index (χ2n) is 10.3. The monoisotopic (exact) mass is 376 g/mol. The molecule has 0 fully saturated rings. The summed E-state index contributed by atoms with van der Waals surface area (Å²) < 4.78 is 17.6. The lowest BCUT2D eigenvalue weighted by Gasteiger charge is -2.39. The van der Waals surface area contributed by atoms with Gasteiger partial charge in [-0.05, 0) is 41.8 Å². The minimum Gasteiger partial charge on any atom is -0.416 e. The summed E-state index contributed by atoms with van der Waals surface area (Å²) in [4.78, 5) is 0. The van der Waals surface area contributed by atoms with Gasteiger partial charge in [-0.2, -0.15) is 0 Å². The van der Waals surface area contributed by atoms with Gasteiger partial charge in [-0.15, -0.1) is 0 Å². The van der Waals surface area contributed by atoms with Gasteiger partial charge in [0.05, 0.1) is 13.2 Å². The molecule has 0 radical (unpaired) electrons. The van der Waals surface area contributed by atoms with Crippen LogP contribution in [0.3, 0.4) is 0 Å². The summed E-state index contributed by atoms with van der Waals surface area (Å²) in [6, 6.07) is 0. The van der Waals surface area contributed by atoms with Gasteiger partial charge in [-0.3, -0.25) is 0 Å². The zero-order chi connectivity index (χ0) is 19.8. The Morgan fingerprint density at radius 1 is 0.720 bits per heavy atom. The highest BCUT2D eigenvalue weighted by Gasteiger charge is 2.38. The largest absolute Gasteiger partial charge is 0.416 e. The molecule has 0 aromatic carbocycles. The van der Waals surface area contributed by atoms with E-state index in [-0.39, 0.29) is 22.5 Å². The van der Waals surface area contributed by atoms with E-state index >= 15 is 0 Å². The number of hydrogen-bond donors (Lipinski definition) is 1. The number of aliphatic hydroxyl groups excluding tert-OH is 1. The van der Waals surface area contributed by atoms with Gasteiger partial charge in [-0.25, -0.2) is 0 Å². The van der Waals surface area contributed by atoms with Crippen molar-refractivity contribution in [2.75, 3.05) is 39.6 Å². The summed E-state index contributed by atoms with van der Waals surface area (Å²) in [5, 5.41) is 9.44. The van der Waals surface area contributed by atoms with Crippen LogP contribution in [-0.2, 0) is 13.9 Å². The highest BCUT2D eigenvalue weighted by molar-refractivity contribution is 6.74. The SMILES string of the molecule is CC(C)(CO)CCOCCOCCC(C)(C)CO[Si](C)(C)C(C)(C)C. The topological polar surface area (TPSA) is 47.9 Å². The van der Waals surface area contributed by atoms with Gasteiger partial charge in [0.25, 0.3) is 0 Å². The Hall–Kier alpha value is 0.0569. The van der Waals surface area contributed by atoms with E-state index < -0.39 is 8.32 Å². The molecule has 4 nitrogen and oxygen atoms in total. The van der Waals surface area contributed by atoms with Crippen LogP contribution in [0, 0.1) is 10.8 Å². The second-order valence-corrected chi connectivity index (χ2v) is 15.1. The Kier molecular flexibility index (Phi) is 10.4. The van der Waals surface area contributed by atoms with Crippen LogP contribution in [0.25, 0.3) is 0 Å². The summed E-state index contributed by atoms with van der Waals surface area (Å²) >= 11 is 0. The molecule has 0 atom stereocenters. The van der Waals surface area contributed by atoms with Crippen LogP contribution in [-0.4, -0.2) is 53.1 Å². The van der Waals surface area contributed by atoms with Crippen LogP contribution in [0.5, 0.6) is 0 Å². The minimum absolute atomic E-state index is 0.0605. The third-order valence-electron chi connectivity index (χ3n) is 5.28. The van der Waals surface area contributed by atoms with Crippen molar-refractivity contribution >= 4 is 8.32 Å². The summed E-state index contributed by atoms with van der Waals surface area (Å²) in [6.07, 6.45) is 1.85. The number of aliphatic hydroxyl groups is 1. The van der Waals surface area contributed by atoms with Gasteiger partial charge in [0.15, 0.2) is 8.32 Å². The van der Waals surface area contributed by atoms with E-state index in [1.54, 1.807) is 0 Å². The Morgan fingerprint density at radius 3 is 1.56 bits per heavy atom. The molecule has 0 aromatic rings. The van der Waals surface area contributed by atoms with Crippen molar-refractivity contribution < 1.29 is 19.0 Å². The molecule has 0 bridgehead atoms. The van der Waals surface area contributed by atoms with Crippen LogP contribution < -0.4 is 0 Å². The highest BCUT2D eigenvalue weighted by Crippen LogP contribution is 2.38. The van der Waals surface area contributed by atoms with E-state index in [2.05, 4.69) is 47.7 Å². The normalized spacial score (nSPS) is 14.2. The summed E-state index contributed by atoms with van der Waals surface area (Å²) in [5.74, 6) is 0. The quantitative estimate of drug-likeness (QED) is 0.368. The van der Waals surface area contributed by atoms with E-state index in [1.807, 2.05) is 13.8 Å². The molecule has 0 spiro atoms. The fourth-order valence-corrected chi connectivity index (χ4v) is 2.95. The van der Waals surface area contributed by atoms with Crippen molar-refractivity contribution in [1.82, 2.24) is 0 Å². The van der Waals surface area contributed by atoms with E-state index in [0.29, 0.717) is 19.8 Å². The van der Waals surface area contributed by atoms with E-state index in [9.17, 15) is 5.11 Å². The Morgan fingerprint density at radius 2 is 1.16 bits per heavy atom. The molecule has 0 heterocycles. The molecule has 1 N–H and O–H groups in total. The van der Waals surface area contributed by atoms with Gasteiger partial charge in [-0.1, -0.05) is 48.5 Å². The lowest BCUT2D eigenvalue weighted by molar-refractivity contribution is 0.0186. The first-order valence-corrected chi connectivity index (χ1v) is 12.5. The van der Waals surface area contributed by atoms with Crippen molar-refractivity contribution in [3.8, 4) is 0 Å². The minimum atomic E-state index is -1.68. The first kappa shape index (κ1) is 25.1. The number of hydrogen-bond acceptors (Lipinski definition) is 4. The fraction of sp³-hybridized carbons (Fsp3) is 1.00. The maximum atomic E-state index is 9.19. The van der Waals surface area contributed by atoms with Gasteiger partial charge in [0, 0.05) is 26.4 Å². The Labute approximate surface area is 157 Å². The maximum absolute atomic E-state index is 9.19. The van der Waals surface area contributed by atoms with Gasteiger partial charge >= 0.3 is 0 Å². The molecule has 0 aliphatic heterocycles. The predicted octanol–water partition coefficient (Wildman–Crippen LogP) is 4.87. The van der Waals surface area contributed by atoms with Crippen molar-refractivity contribution in [3.05, 3.63) is 0 Å². The third-order valence-corrected chi connectivity index (χ3v) is 9.75. The van der Waals surface area contributed by atoms with Gasteiger partial charge in [0.1, 0.15) is 0 Å². The molecule has 0 saturated heterocycles. The smallest absolute Gasteiger partial charge is 0.192 e. The molecule has 0 amide bonds. The van der Waals surface area contributed by atoms with E-state index in [0.717, 1.165) is 26.1 Å². The molecule has 0 unspecified atom stereocenters. The van der Waals surface area contributed by atoms with E-state index in [1.165, 1.54) is 0 Å². The first-order chi connectivity index (χ1) is 11.2. The molecular formula is C20H44O4Si. The third kappa shape index (κ3) is 11.4. The van der Waals surface area contributed by atoms with Crippen LogP contribution in [0.2, 0.25) is 18.1 Å². The van der Waals surface area contributed by atoms with Crippen molar-refractivity contribution in [1.29, 1.82) is 0 Å². The standard InChI is InChI=1S/C20H44O4Si/c1-18(2,3)25(8,9)24-17-20(6,7)11-13-23-15-14-22-12-10-19(4,5)16-21/h21H,10-17H2,1-9H3. The molecule has 0 rings (SSSR count). The van der Waals surface area contributed by atoms with Crippen LogP contribution in [0.1, 0.15) is 61.3 Å². The summed E-state index contributed by atoms with van der Waals surface area (Å²) in [7, 11) is -1.68. The van der Waals surface area contributed by atoms with Crippen molar-refractivity contribution in [2.24, 2.45) is 10.8 Å². The molecule has 152 valence electrons. The molecule has 0 aliphatic rings. The molecule has 25 heavy (non-hydrogen) atoms. The summed E-state index contributed by atoms with van der Waals surface area (Å²) in [6.45, 7) is 23.6. The van der Waals surface area contributed by atoms with Gasteiger partial charge in [0.2, 0.25) is 0 Å². The second kappa shape index (κ2) is 10.4. The van der Waals surface area contributed by atoms with Crippen molar-refractivity contribution in [3.63, 3.8) is 0 Å². The molecule has 0 aliphatic carbocycles. The number of rotatable bonds is 13. The lowest BCUT2D eigenvalue weighted by atomic mass is 9.91. The first-order valence-electron chi connectivity index (χ1n) is 9.63. The zero-order valence-corrected chi connectivity index (χ0v) is 19.3. The molecule has 0 saturated carbocycles. The maximum Gasteiger partial charge on any atom is 0.192 e. The Balaban J connectivity index is 3.83. The average molecular weight is 377 g/mol. The van der Waals surface area contributed by atoms with Gasteiger partial charge < -0.3 is 19.0 Å². The Bertz CT molecular complexity index is 359. The average Bonchev–Trinajstić information content (AvgIpc) is 2.47. The zero-order valence-electron chi connectivity index (χ0n) is 18.3.